The van der Waals surface area contributed by atoms with E-state index >= 15 is 0 Å². The molecule has 0 saturated carbocycles. The lowest BCUT2D eigenvalue weighted by molar-refractivity contribution is 0.0658. The molecule has 0 fully saturated rings. The Morgan fingerprint density at radius 3 is 2.73 bits per heavy atom. The molecular formula is C11H8N2O2. The summed E-state index contributed by atoms with van der Waals surface area (Å²) in [6.45, 7) is 0.267. The average molecular weight is 200 g/mol. The number of hydrogen-bond donors (Lipinski definition) is 0. The summed E-state index contributed by atoms with van der Waals surface area (Å²) in [5.74, 6) is 1.81. The first-order valence-corrected chi connectivity index (χ1v) is 4.49. The number of hydrogen-bond acceptors (Lipinski definition) is 3. The third-order valence-corrected chi connectivity index (χ3v) is 2.25. The molecule has 1 aromatic rings. The van der Waals surface area contributed by atoms with Gasteiger partial charge in [-0.3, -0.25) is 19.5 Å². The Morgan fingerprint density at radius 2 is 2.07 bits per heavy atom. The maximum atomic E-state index is 11.7. The molecule has 0 aromatic carbocycles. The number of carbonyl (C=O) groups excluding carboxylic acids is 2. The molecule has 0 N–H and O–H groups in total. The lowest BCUT2D eigenvalue weighted by atomic mass is 10.2. The molecule has 0 saturated heterocycles. The van der Waals surface area contributed by atoms with E-state index in [1.165, 1.54) is 12.4 Å². The lowest BCUT2D eigenvalue weighted by Crippen LogP contribution is -2.30. The average Bonchev–Trinajstić information content (AvgIpc) is 2.51. The summed E-state index contributed by atoms with van der Waals surface area (Å²) in [4.78, 5) is 28.4. The van der Waals surface area contributed by atoms with Gasteiger partial charge in [-0.15, -0.1) is 12.3 Å². The molecule has 0 unspecified atom stereocenters. The van der Waals surface area contributed by atoms with Crippen LogP contribution < -0.4 is 0 Å². The highest BCUT2D eigenvalue weighted by Gasteiger charge is 2.34. The summed E-state index contributed by atoms with van der Waals surface area (Å²) in [6.07, 6.45) is 8.37. The van der Waals surface area contributed by atoms with Crippen molar-refractivity contribution in [1.82, 2.24) is 9.88 Å². The Labute approximate surface area is 86.9 Å². The first-order chi connectivity index (χ1) is 7.25. The van der Waals surface area contributed by atoms with Gasteiger partial charge in [0.05, 0.1) is 11.1 Å². The van der Waals surface area contributed by atoms with Crippen LogP contribution in [0.25, 0.3) is 0 Å². The second-order valence-corrected chi connectivity index (χ2v) is 3.14. The minimum absolute atomic E-state index is 0.267. The van der Waals surface area contributed by atoms with Crippen LogP contribution in [0.15, 0.2) is 18.5 Å². The van der Waals surface area contributed by atoms with Crippen LogP contribution >= 0.6 is 0 Å². The summed E-state index contributed by atoms with van der Waals surface area (Å²) in [7, 11) is 0. The van der Waals surface area contributed by atoms with Crippen LogP contribution in [0.5, 0.6) is 0 Å². The third kappa shape index (κ3) is 1.38. The maximum absolute atomic E-state index is 11.7. The standard InChI is InChI=1S/C11H8N2O2/c1-2-3-6-13-10(14)8-4-5-12-7-9(8)11(13)15/h1,4-5,7H,3,6H2. The summed E-state index contributed by atoms with van der Waals surface area (Å²) >= 11 is 0. The molecule has 74 valence electrons. The molecule has 2 amide bonds. The van der Waals surface area contributed by atoms with Crippen LogP contribution in [-0.4, -0.2) is 28.2 Å². The van der Waals surface area contributed by atoms with Crippen molar-refractivity contribution in [2.75, 3.05) is 6.54 Å². The fourth-order valence-corrected chi connectivity index (χ4v) is 1.51. The number of pyridine rings is 1. The fourth-order valence-electron chi connectivity index (χ4n) is 1.51. The van der Waals surface area contributed by atoms with Gasteiger partial charge in [0.1, 0.15) is 0 Å². The Balaban J connectivity index is 2.34. The highest BCUT2D eigenvalue weighted by Crippen LogP contribution is 2.21. The fraction of sp³-hybridized carbons (Fsp3) is 0.182. The van der Waals surface area contributed by atoms with Crippen molar-refractivity contribution >= 4 is 11.8 Å². The highest BCUT2D eigenvalue weighted by molar-refractivity contribution is 6.21. The Kier molecular flexibility index (Phi) is 2.22. The number of nitrogens with zero attached hydrogens (tertiary/aromatic N) is 2. The normalized spacial score (nSPS) is 13.9. The highest BCUT2D eigenvalue weighted by atomic mass is 16.2. The van der Waals surface area contributed by atoms with Gasteiger partial charge >= 0.3 is 0 Å². The van der Waals surface area contributed by atoms with Gasteiger partial charge in [-0.2, -0.15) is 0 Å². The second-order valence-electron chi connectivity index (χ2n) is 3.14. The minimum Gasteiger partial charge on any atom is -0.273 e. The second kappa shape index (κ2) is 3.54. The van der Waals surface area contributed by atoms with Crippen molar-refractivity contribution in [1.29, 1.82) is 0 Å². The Bertz CT molecular complexity index is 439. The van der Waals surface area contributed by atoms with E-state index in [0.717, 1.165) is 4.90 Å². The molecule has 1 aliphatic heterocycles. The van der Waals surface area contributed by atoms with Crippen LogP contribution in [0.4, 0.5) is 0 Å². The molecule has 0 spiro atoms. The van der Waals surface area contributed by atoms with Gasteiger partial charge in [-0.25, -0.2) is 0 Å². The first kappa shape index (κ1) is 9.41. The quantitative estimate of drug-likeness (QED) is 0.521. The first-order valence-electron chi connectivity index (χ1n) is 4.49. The largest absolute Gasteiger partial charge is 0.273 e. The summed E-state index contributed by atoms with van der Waals surface area (Å²) < 4.78 is 0. The number of fused-ring (bicyclic) bond motifs is 1. The maximum Gasteiger partial charge on any atom is 0.263 e. The number of amides is 2. The number of aromatic nitrogens is 1. The van der Waals surface area contributed by atoms with Gasteiger partial charge in [0.2, 0.25) is 0 Å². The molecule has 1 aliphatic rings. The van der Waals surface area contributed by atoms with Crippen molar-refractivity contribution in [2.45, 2.75) is 6.42 Å². The number of terminal acetylenes is 1. The zero-order valence-corrected chi connectivity index (χ0v) is 7.93. The molecule has 0 aliphatic carbocycles. The van der Waals surface area contributed by atoms with Gasteiger partial charge in [0.25, 0.3) is 11.8 Å². The molecule has 4 heteroatoms. The van der Waals surface area contributed by atoms with E-state index in [-0.39, 0.29) is 18.4 Å². The van der Waals surface area contributed by atoms with E-state index in [9.17, 15) is 9.59 Å². The smallest absolute Gasteiger partial charge is 0.263 e. The SMILES string of the molecule is C#CCCN1C(=O)c2ccncc2C1=O. The van der Waals surface area contributed by atoms with Gasteiger partial charge in [-0.1, -0.05) is 0 Å². The number of rotatable bonds is 2. The van der Waals surface area contributed by atoms with Crippen LogP contribution in [-0.2, 0) is 0 Å². The zero-order chi connectivity index (χ0) is 10.8. The zero-order valence-electron chi connectivity index (χ0n) is 7.93. The monoisotopic (exact) mass is 200 g/mol. The van der Waals surface area contributed by atoms with E-state index in [4.69, 9.17) is 6.42 Å². The van der Waals surface area contributed by atoms with Crippen LogP contribution in [0.2, 0.25) is 0 Å². The van der Waals surface area contributed by atoms with Crippen molar-refractivity contribution in [3.05, 3.63) is 29.6 Å². The molecule has 4 nitrogen and oxygen atoms in total. The van der Waals surface area contributed by atoms with Gasteiger partial charge in [-0.05, 0) is 6.07 Å². The minimum atomic E-state index is -0.307. The molecule has 0 bridgehead atoms. The molecular weight excluding hydrogens is 192 g/mol. The molecule has 2 rings (SSSR count). The molecule has 0 radical (unpaired) electrons. The molecule has 0 atom stereocenters. The van der Waals surface area contributed by atoms with Crippen LogP contribution in [0.1, 0.15) is 27.1 Å². The molecule has 15 heavy (non-hydrogen) atoms. The Morgan fingerprint density at radius 1 is 1.33 bits per heavy atom. The van der Waals surface area contributed by atoms with Gasteiger partial charge < -0.3 is 0 Å². The predicted molar refractivity (Wildman–Crippen MR) is 53.1 cm³/mol. The van der Waals surface area contributed by atoms with E-state index in [2.05, 4.69) is 10.9 Å². The Hall–Kier alpha value is -2.15. The van der Waals surface area contributed by atoms with E-state index in [0.29, 0.717) is 17.5 Å². The number of carbonyl (C=O) groups is 2. The van der Waals surface area contributed by atoms with Crippen molar-refractivity contribution in [2.24, 2.45) is 0 Å². The van der Waals surface area contributed by atoms with Crippen molar-refractivity contribution < 1.29 is 9.59 Å². The van der Waals surface area contributed by atoms with Crippen molar-refractivity contribution in [3.63, 3.8) is 0 Å². The summed E-state index contributed by atoms with van der Waals surface area (Å²) in [5, 5.41) is 0. The van der Waals surface area contributed by atoms with Crippen LogP contribution in [0, 0.1) is 12.3 Å². The topological polar surface area (TPSA) is 50.3 Å². The molecule has 2 heterocycles. The molecule has 1 aromatic heterocycles. The summed E-state index contributed by atoms with van der Waals surface area (Å²) in [5.41, 5.74) is 0.770. The summed E-state index contributed by atoms with van der Waals surface area (Å²) in [6, 6.07) is 1.55. The van der Waals surface area contributed by atoms with Crippen molar-refractivity contribution in [3.8, 4) is 12.3 Å². The number of imide groups is 1. The van der Waals surface area contributed by atoms with Gasteiger partial charge in [0.15, 0.2) is 0 Å². The van der Waals surface area contributed by atoms with E-state index < -0.39 is 0 Å². The van der Waals surface area contributed by atoms with Crippen LogP contribution in [0.3, 0.4) is 0 Å². The lowest BCUT2D eigenvalue weighted by Gasteiger charge is -2.10. The van der Waals surface area contributed by atoms with Gasteiger partial charge in [0, 0.05) is 25.4 Å². The predicted octanol–water partition coefficient (Wildman–Crippen LogP) is 0.701. The van der Waals surface area contributed by atoms with E-state index in [1.54, 1.807) is 6.07 Å². The van der Waals surface area contributed by atoms with E-state index in [1.807, 2.05) is 0 Å². The third-order valence-electron chi connectivity index (χ3n) is 2.25.